The molecule has 2 N–H and O–H groups in total. The average molecular weight is 325 g/mol. The summed E-state index contributed by atoms with van der Waals surface area (Å²) in [6, 6.07) is 2.15. The van der Waals surface area contributed by atoms with Crippen LogP contribution in [0.5, 0.6) is 0 Å². The van der Waals surface area contributed by atoms with Crippen LogP contribution in [0.25, 0.3) is 0 Å². The van der Waals surface area contributed by atoms with Gasteiger partial charge in [0.1, 0.15) is 0 Å². The highest BCUT2D eigenvalue weighted by Crippen LogP contribution is 2.18. The number of esters is 1. The van der Waals surface area contributed by atoms with Crippen molar-refractivity contribution in [1.82, 2.24) is 10.6 Å². The summed E-state index contributed by atoms with van der Waals surface area (Å²) in [5.41, 5.74) is 1.34. The minimum absolute atomic E-state index is 0.148. The van der Waals surface area contributed by atoms with Crippen LogP contribution in [0.1, 0.15) is 44.6 Å². The van der Waals surface area contributed by atoms with Crippen molar-refractivity contribution in [2.45, 2.75) is 39.0 Å². The molecule has 0 aliphatic rings. The Balaban J connectivity index is 2.31. The molecule has 0 amide bonds. The molecule has 0 fully saturated rings. The minimum atomic E-state index is -0.148. The van der Waals surface area contributed by atoms with Crippen LogP contribution in [-0.2, 0) is 9.53 Å². The molecule has 1 aromatic heterocycles. The second kappa shape index (κ2) is 11.1. The zero-order chi connectivity index (χ0) is 16.2. The molecule has 0 aliphatic carbocycles. The van der Waals surface area contributed by atoms with Crippen LogP contribution in [0.15, 0.2) is 21.8 Å². The maximum atomic E-state index is 11.0. The number of methoxy groups -OCH3 is 1. The summed E-state index contributed by atoms with van der Waals surface area (Å²) >= 11 is 1.72. The molecule has 0 aromatic carbocycles. The van der Waals surface area contributed by atoms with Crippen molar-refractivity contribution in [3.63, 3.8) is 0 Å². The number of hydrogen-bond acceptors (Lipinski definition) is 4. The number of nitrogens with one attached hydrogen (secondary N) is 2. The number of aliphatic imine (C=N–C) groups is 1. The predicted molar refractivity (Wildman–Crippen MR) is 92.6 cm³/mol. The molecule has 1 rings (SSSR count). The lowest BCUT2D eigenvalue weighted by atomic mass is 10.1. The van der Waals surface area contributed by atoms with Gasteiger partial charge in [-0.3, -0.25) is 9.79 Å². The Morgan fingerprint density at radius 3 is 2.86 bits per heavy atom. The molecule has 6 heteroatoms. The van der Waals surface area contributed by atoms with E-state index in [1.54, 1.807) is 11.3 Å². The van der Waals surface area contributed by atoms with Crippen LogP contribution in [0.3, 0.4) is 0 Å². The Morgan fingerprint density at radius 1 is 1.41 bits per heavy atom. The van der Waals surface area contributed by atoms with Crippen molar-refractivity contribution in [2.75, 3.05) is 26.7 Å². The van der Waals surface area contributed by atoms with Gasteiger partial charge in [0.25, 0.3) is 0 Å². The first-order valence-corrected chi connectivity index (χ1v) is 8.72. The molecule has 0 saturated heterocycles. The molecule has 0 aliphatic heterocycles. The fraction of sp³-hybridized carbons (Fsp3) is 0.625. The summed E-state index contributed by atoms with van der Waals surface area (Å²) in [5, 5.41) is 10.8. The summed E-state index contributed by atoms with van der Waals surface area (Å²) < 4.78 is 4.62. The summed E-state index contributed by atoms with van der Waals surface area (Å²) in [6.07, 6.45) is 2.21. The van der Waals surface area contributed by atoms with Crippen LogP contribution < -0.4 is 10.6 Å². The minimum Gasteiger partial charge on any atom is -0.469 e. The molecule has 1 aromatic rings. The molecule has 1 heterocycles. The molecule has 5 nitrogen and oxygen atoms in total. The van der Waals surface area contributed by atoms with Gasteiger partial charge >= 0.3 is 5.97 Å². The molecular weight excluding hydrogens is 298 g/mol. The SMILES string of the molecule is CCNC(=NCC(C)c1ccsc1)NCCCCC(=O)OC. The smallest absolute Gasteiger partial charge is 0.305 e. The standard InChI is InChI=1S/C16H27N3O2S/c1-4-17-16(18-9-6-5-7-15(20)21-3)19-11-13(2)14-8-10-22-12-14/h8,10,12-13H,4-7,9,11H2,1-3H3,(H2,17,18,19). The third-order valence-electron chi connectivity index (χ3n) is 3.31. The van der Waals surface area contributed by atoms with Crippen molar-refractivity contribution in [3.05, 3.63) is 22.4 Å². The number of hydrogen-bond donors (Lipinski definition) is 2. The summed E-state index contributed by atoms with van der Waals surface area (Å²) in [6.45, 7) is 6.63. The average Bonchev–Trinajstić information content (AvgIpc) is 3.06. The monoisotopic (exact) mass is 325 g/mol. The molecule has 22 heavy (non-hydrogen) atoms. The number of carbonyl (C=O) groups excluding carboxylic acids is 1. The van der Waals surface area contributed by atoms with Gasteiger partial charge in [-0.05, 0) is 42.2 Å². The molecule has 1 atom stereocenters. The van der Waals surface area contributed by atoms with Gasteiger partial charge in [0.15, 0.2) is 5.96 Å². The first-order valence-electron chi connectivity index (χ1n) is 7.78. The third-order valence-corrected chi connectivity index (χ3v) is 4.01. The van der Waals surface area contributed by atoms with Crippen molar-refractivity contribution < 1.29 is 9.53 Å². The zero-order valence-corrected chi connectivity index (χ0v) is 14.5. The lowest BCUT2D eigenvalue weighted by Crippen LogP contribution is -2.38. The Bertz CT molecular complexity index is 446. The summed E-state index contributed by atoms with van der Waals surface area (Å²) in [4.78, 5) is 15.6. The fourth-order valence-corrected chi connectivity index (χ4v) is 2.72. The number of nitrogens with zero attached hydrogens (tertiary/aromatic N) is 1. The van der Waals surface area contributed by atoms with E-state index in [1.807, 2.05) is 0 Å². The highest BCUT2D eigenvalue weighted by atomic mass is 32.1. The maximum Gasteiger partial charge on any atom is 0.305 e. The molecule has 0 spiro atoms. The first kappa shape index (κ1) is 18.5. The van der Waals surface area contributed by atoms with Gasteiger partial charge in [-0.15, -0.1) is 0 Å². The topological polar surface area (TPSA) is 62.7 Å². The highest BCUT2D eigenvalue weighted by molar-refractivity contribution is 7.07. The van der Waals surface area contributed by atoms with E-state index in [1.165, 1.54) is 12.7 Å². The molecule has 0 bridgehead atoms. The van der Waals surface area contributed by atoms with E-state index in [2.05, 4.69) is 51.0 Å². The summed E-state index contributed by atoms with van der Waals surface area (Å²) in [7, 11) is 1.42. The molecule has 0 saturated carbocycles. The van der Waals surface area contributed by atoms with Crippen molar-refractivity contribution in [3.8, 4) is 0 Å². The van der Waals surface area contributed by atoms with E-state index in [9.17, 15) is 4.79 Å². The van der Waals surface area contributed by atoms with Gasteiger partial charge < -0.3 is 15.4 Å². The van der Waals surface area contributed by atoms with Crippen LogP contribution in [-0.4, -0.2) is 38.7 Å². The van der Waals surface area contributed by atoms with Gasteiger partial charge in [-0.2, -0.15) is 11.3 Å². The lowest BCUT2D eigenvalue weighted by Gasteiger charge is -2.13. The van der Waals surface area contributed by atoms with Crippen molar-refractivity contribution >= 4 is 23.3 Å². The number of unbranched alkanes of at least 4 members (excludes halogenated alkanes) is 1. The number of rotatable bonds is 9. The van der Waals surface area contributed by atoms with E-state index in [0.29, 0.717) is 12.3 Å². The van der Waals surface area contributed by atoms with Gasteiger partial charge in [-0.25, -0.2) is 0 Å². The van der Waals surface area contributed by atoms with Gasteiger partial charge in [0.2, 0.25) is 0 Å². The van der Waals surface area contributed by atoms with Crippen LogP contribution in [0, 0.1) is 0 Å². The second-order valence-corrected chi connectivity index (χ2v) is 5.92. The normalized spacial score (nSPS) is 12.8. The molecule has 124 valence electrons. The lowest BCUT2D eigenvalue weighted by molar-refractivity contribution is -0.140. The van der Waals surface area contributed by atoms with Crippen molar-refractivity contribution in [1.29, 1.82) is 0 Å². The fourth-order valence-electron chi connectivity index (χ4n) is 1.93. The Labute approximate surface area is 137 Å². The van der Waals surface area contributed by atoms with Gasteiger partial charge in [0, 0.05) is 32.0 Å². The van der Waals surface area contributed by atoms with E-state index in [-0.39, 0.29) is 5.97 Å². The van der Waals surface area contributed by atoms with Gasteiger partial charge in [0.05, 0.1) is 7.11 Å². The van der Waals surface area contributed by atoms with Crippen molar-refractivity contribution in [2.24, 2.45) is 4.99 Å². The van der Waals surface area contributed by atoms with E-state index in [0.717, 1.165) is 38.4 Å². The Kier molecular flexibility index (Phi) is 9.30. The Morgan fingerprint density at radius 2 is 2.23 bits per heavy atom. The number of ether oxygens (including phenoxy) is 1. The number of carbonyl (C=O) groups is 1. The van der Waals surface area contributed by atoms with E-state index in [4.69, 9.17) is 0 Å². The quantitative estimate of drug-likeness (QED) is 0.317. The Hall–Kier alpha value is -1.56. The van der Waals surface area contributed by atoms with Crippen LogP contribution >= 0.6 is 11.3 Å². The largest absolute Gasteiger partial charge is 0.469 e. The maximum absolute atomic E-state index is 11.0. The van der Waals surface area contributed by atoms with Crippen LogP contribution in [0.4, 0.5) is 0 Å². The summed E-state index contributed by atoms with van der Waals surface area (Å²) in [5.74, 6) is 1.11. The van der Waals surface area contributed by atoms with Crippen LogP contribution in [0.2, 0.25) is 0 Å². The zero-order valence-electron chi connectivity index (χ0n) is 13.7. The second-order valence-electron chi connectivity index (χ2n) is 5.14. The molecule has 1 unspecified atom stereocenters. The van der Waals surface area contributed by atoms with E-state index >= 15 is 0 Å². The number of guanidine groups is 1. The first-order chi connectivity index (χ1) is 10.7. The molecule has 0 radical (unpaired) electrons. The van der Waals surface area contributed by atoms with Gasteiger partial charge in [-0.1, -0.05) is 6.92 Å². The molecular formula is C16H27N3O2S. The predicted octanol–water partition coefficient (Wildman–Crippen LogP) is 2.75. The number of thiophene rings is 1. The van der Waals surface area contributed by atoms with E-state index < -0.39 is 0 Å². The highest BCUT2D eigenvalue weighted by Gasteiger charge is 2.06. The third kappa shape index (κ3) is 7.45.